The minimum atomic E-state index is -0.883. The van der Waals surface area contributed by atoms with Gasteiger partial charge in [-0.05, 0) is 6.42 Å². The molecule has 0 rings (SSSR count). The molecule has 0 bridgehead atoms. The van der Waals surface area contributed by atoms with Gasteiger partial charge in [-0.1, -0.05) is 39.0 Å². The van der Waals surface area contributed by atoms with Crippen LogP contribution in [0.3, 0.4) is 0 Å². The van der Waals surface area contributed by atoms with Gasteiger partial charge >= 0.3 is 35.5 Å². The van der Waals surface area contributed by atoms with Gasteiger partial charge in [-0.3, -0.25) is 0 Å². The maximum absolute atomic E-state index is 10.0. The van der Waals surface area contributed by atoms with E-state index in [1.54, 1.807) is 0 Å². The molecule has 3 nitrogen and oxygen atoms in total. The van der Waals surface area contributed by atoms with Crippen molar-refractivity contribution in [3.63, 3.8) is 0 Å². The van der Waals surface area contributed by atoms with Crippen LogP contribution in [-0.2, 0) is 9.53 Å². The number of carboxylic acid groups (broad SMARTS) is 1. The van der Waals surface area contributed by atoms with Crippen molar-refractivity contribution in [1.82, 2.24) is 0 Å². The SMILES string of the molecule is CCCCCCCCOCC(=O)O.[H-].[Na+]. The monoisotopic (exact) mass is 212 g/mol. The van der Waals surface area contributed by atoms with E-state index in [0.717, 1.165) is 12.8 Å². The molecule has 0 aliphatic heterocycles. The summed E-state index contributed by atoms with van der Waals surface area (Å²) in [6.45, 7) is 2.61. The topological polar surface area (TPSA) is 46.5 Å². The fourth-order valence-electron chi connectivity index (χ4n) is 1.14. The Bertz CT molecular complexity index is 134. The van der Waals surface area contributed by atoms with E-state index in [1.807, 2.05) is 0 Å². The zero-order valence-corrected chi connectivity index (χ0v) is 11.4. The summed E-state index contributed by atoms with van der Waals surface area (Å²) in [6, 6.07) is 0. The van der Waals surface area contributed by atoms with Crippen LogP contribution in [0.25, 0.3) is 0 Å². The fourth-order valence-corrected chi connectivity index (χ4v) is 1.14. The fraction of sp³-hybridized carbons (Fsp3) is 0.900. The molecule has 4 heteroatoms. The quantitative estimate of drug-likeness (QED) is 0.416. The van der Waals surface area contributed by atoms with Crippen molar-refractivity contribution in [2.75, 3.05) is 13.2 Å². The zero-order chi connectivity index (χ0) is 9.94. The van der Waals surface area contributed by atoms with Crippen LogP contribution < -0.4 is 29.6 Å². The molecule has 0 amide bonds. The van der Waals surface area contributed by atoms with E-state index >= 15 is 0 Å². The summed E-state index contributed by atoms with van der Waals surface area (Å²) in [4.78, 5) is 10.0. The van der Waals surface area contributed by atoms with Crippen LogP contribution >= 0.6 is 0 Å². The molecule has 0 saturated carbocycles. The Balaban J connectivity index is -0.000000720. The first-order valence-electron chi connectivity index (χ1n) is 5.07. The second-order valence-electron chi connectivity index (χ2n) is 3.21. The molecule has 0 spiro atoms. The Morgan fingerprint density at radius 2 is 1.79 bits per heavy atom. The average molecular weight is 212 g/mol. The van der Waals surface area contributed by atoms with Gasteiger partial charge in [0.2, 0.25) is 0 Å². The Kier molecular flexibility index (Phi) is 16.2. The van der Waals surface area contributed by atoms with Crippen molar-refractivity contribution in [2.45, 2.75) is 45.4 Å². The van der Waals surface area contributed by atoms with Crippen LogP contribution in [0.2, 0.25) is 0 Å². The molecule has 0 atom stereocenters. The minimum Gasteiger partial charge on any atom is -1.00 e. The Morgan fingerprint density at radius 1 is 1.21 bits per heavy atom. The second-order valence-corrected chi connectivity index (χ2v) is 3.21. The molecule has 0 aromatic heterocycles. The molecule has 0 saturated heterocycles. The average Bonchev–Trinajstić information content (AvgIpc) is 2.09. The largest absolute Gasteiger partial charge is 1.00 e. The molecule has 80 valence electrons. The molecule has 0 aromatic rings. The van der Waals surface area contributed by atoms with Gasteiger partial charge in [-0.25, -0.2) is 4.79 Å². The van der Waals surface area contributed by atoms with Crippen molar-refractivity contribution < 1.29 is 45.6 Å². The summed E-state index contributed by atoms with van der Waals surface area (Å²) in [6.07, 6.45) is 7.22. The first-order valence-corrected chi connectivity index (χ1v) is 5.07. The molecular weight excluding hydrogens is 191 g/mol. The zero-order valence-electron chi connectivity index (χ0n) is 10.4. The van der Waals surface area contributed by atoms with E-state index in [2.05, 4.69) is 6.92 Å². The van der Waals surface area contributed by atoms with E-state index in [-0.39, 0.29) is 37.6 Å². The van der Waals surface area contributed by atoms with E-state index in [4.69, 9.17) is 9.84 Å². The summed E-state index contributed by atoms with van der Waals surface area (Å²) in [5.74, 6) is -0.883. The number of carbonyl (C=O) groups is 1. The third kappa shape index (κ3) is 14.9. The predicted molar refractivity (Wildman–Crippen MR) is 52.9 cm³/mol. The van der Waals surface area contributed by atoms with Crippen LogP contribution in [0.1, 0.15) is 46.9 Å². The second kappa shape index (κ2) is 13.4. The normalized spacial score (nSPS) is 9.50. The number of rotatable bonds is 9. The van der Waals surface area contributed by atoms with Crippen molar-refractivity contribution in [2.24, 2.45) is 0 Å². The van der Waals surface area contributed by atoms with Gasteiger partial charge in [-0.15, -0.1) is 0 Å². The number of hydrogen-bond acceptors (Lipinski definition) is 2. The van der Waals surface area contributed by atoms with Crippen LogP contribution in [0.15, 0.2) is 0 Å². The first-order chi connectivity index (χ1) is 6.27. The molecular formula is C10H21NaO3. The summed E-state index contributed by atoms with van der Waals surface area (Å²) >= 11 is 0. The molecule has 14 heavy (non-hydrogen) atoms. The predicted octanol–water partition coefficient (Wildman–Crippen LogP) is -0.435. The van der Waals surface area contributed by atoms with Crippen LogP contribution in [0.4, 0.5) is 0 Å². The van der Waals surface area contributed by atoms with Crippen molar-refractivity contribution >= 4 is 5.97 Å². The van der Waals surface area contributed by atoms with Gasteiger partial charge in [0.1, 0.15) is 6.61 Å². The van der Waals surface area contributed by atoms with E-state index in [9.17, 15) is 4.79 Å². The molecule has 1 N–H and O–H groups in total. The molecule has 0 aromatic carbocycles. The van der Waals surface area contributed by atoms with Gasteiger partial charge in [0.15, 0.2) is 0 Å². The number of unbranched alkanes of at least 4 members (excludes halogenated alkanes) is 5. The van der Waals surface area contributed by atoms with Crippen molar-refractivity contribution in [3.8, 4) is 0 Å². The van der Waals surface area contributed by atoms with E-state index < -0.39 is 5.97 Å². The summed E-state index contributed by atoms with van der Waals surface area (Å²) in [5.41, 5.74) is 0. The van der Waals surface area contributed by atoms with Crippen LogP contribution in [0.5, 0.6) is 0 Å². The van der Waals surface area contributed by atoms with Gasteiger partial charge in [0.25, 0.3) is 0 Å². The smallest absolute Gasteiger partial charge is 1.00 e. The third-order valence-electron chi connectivity index (χ3n) is 1.87. The van der Waals surface area contributed by atoms with Crippen molar-refractivity contribution in [1.29, 1.82) is 0 Å². The van der Waals surface area contributed by atoms with E-state index in [1.165, 1.54) is 25.7 Å². The van der Waals surface area contributed by atoms with Crippen molar-refractivity contribution in [3.05, 3.63) is 0 Å². The third-order valence-corrected chi connectivity index (χ3v) is 1.87. The maximum Gasteiger partial charge on any atom is 1.00 e. The molecule has 0 aliphatic rings. The van der Waals surface area contributed by atoms with Gasteiger partial charge in [0, 0.05) is 6.61 Å². The van der Waals surface area contributed by atoms with E-state index in [0.29, 0.717) is 6.61 Å². The summed E-state index contributed by atoms with van der Waals surface area (Å²) in [7, 11) is 0. The standard InChI is InChI=1S/C10H20O3.Na.H/c1-2-3-4-5-6-7-8-13-9-10(11)12;;/h2-9H2,1H3,(H,11,12);;/q;+1;-1. The molecule has 0 radical (unpaired) electrons. The number of hydrogen-bond donors (Lipinski definition) is 1. The molecule has 0 aliphatic carbocycles. The van der Waals surface area contributed by atoms with Gasteiger partial charge < -0.3 is 11.3 Å². The van der Waals surface area contributed by atoms with Gasteiger partial charge in [0.05, 0.1) is 0 Å². The number of carboxylic acids is 1. The van der Waals surface area contributed by atoms with Crippen LogP contribution in [-0.4, -0.2) is 24.3 Å². The minimum absolute atomic E-state index is 0. The number of ether oxygens (including phenoxy) is 1. The molecule has 0 heterocycles. The van der Waals surface area contributed by atoms with Crippen LogP contribution in [0, 0.1) is 0 Å². The number of aliphatic carboxylic acids is 1. The Morgan fingerprint density at radius 3 is 2.36 bits per heavy atom. The molecule has 0 unspecified atom stereocenters. The summed E-state index contributed by atoms with van der Waals surface area (Å²) < 4.78 is 4.90. The molecule has 0 fully saturated rings. The maximum atomic E-state index is 10.0. The Labute approximate surface area is 110 Å². The summed E-state index contributed by atoms with van der Waals surface area (Å²) in [5, 5.41) is 8.26. The first kappa shape index (κ1) is 16.8. The van der Waals surface area contributed by atoms with Gasteiger partial charge in [-0.2, -0.15) is 0 Å². The Hall–Kier alpha value is 0.430.